The molecule has 0 spiro atoms. The Kier molecular flexibility index (Phi) is 5.19. The lowest BCUT2D eigenvalue weighted by atomic mass is 9.90. The zero-order valence-corrected chi connectivity index (χ0v) is 11.8. The van der Waals surface area contributed by atoms with Gasteiger partial charge >= 0.3 is 0 Å². The van der Waals surface area contributed by atoms with Crippen LogP contribution in [-0.2, 0) is 9.59 Å². The summed E-state index contributed by atoms with van der Waals surface area (Å²) in [5.74, 6) is 0.658. The smallest absolute Gasteiger partial charge is 0.241 e. The van der Waals surface area contributed by atoms with Crippen LogP contribution in [0.15, 0.2) is 0 Å². The van der Waals surface area contributed by atoms with Gasteiger partial charge in [-0.1, -0.05) is 13.3 Å². The van der Waals surface area contributed by atoms with E-state index in [2.05, 4.69) is 17.6 Å². The highest BCUT2D eigenvalue weighted by Gasteiger charge is 2.26. The quantitative estimate of drug-likeness (QED) is 0.780. The van der Waals surface area contributed by atoms with Gasteiger partial charge in [0.1, 0.15) is 0 Å². The second kappa shape index (κ2) is 6.89. The molecule has 19 heavy (non-hydrogen) atoms. The van der Waals surface area contributed by atoms with Crippen LogP contribution in [0.2, 0.25) is 0 Å². The lowest BCUT2D eigenvalue weighted by molar-refractivity contribution is -0.132. The van der Waals surface area contributed by atoms with Crippen molar-refractivity contribution in [2.75, 3.05) is 26.2 Å². The maximum Gasteiger partial charge on any atom is 0.241 e. The Morgan fingerprint density at radius 3 is 2.74 bits per heavy atom. The van der Waals surface area contributed by atoms with E-state index >= 15 is 0 Å². The number of carbonyl (C=O) groups is 2. The Morgan fingerprint density at radius 1 is 1.32 bits per heavy atom. The largest absolute Gasteiger partial charge is 0.346 e. The van der Waals surface area contributed by atoms with Crippen LogP contribution in [0.3, 0.4) is 0 Å². The van der Waals surface area contributed by atoms with Crippen LogP contribution in [0.1, 0.15) is 39.0 Å². The van der Waals surface area contributed by atoms with Gasteiger partial charge in [0.15, 0.2) is 0 Å². The molecule has 2 heterocycles. The first-order valence-corrected chi connectivity index (χ1v) is 7.49. The molecular formula is C14H25N3O2. The Balaban J connectivity index is 1.72. The minimum atomic E-state index is -0.120. The molecule has 0 saturated carbocycles. The van der Waals surface area contributed by atoms with E-state index in [4.69, 9.17) is 0 Å². The molecule has 2 amide bonds. The van der Waals surface area contributed by atoms with Crippen molar-refractivity contribution in [3.63, 3.8) is 0 Å². The van der Waals surface area contributed by atoms with E-state index in [9.17, 15) is 9.59 Å². The molecule has 0 aromatic rings. The molecule has 2 N–H and O–H groups in total. The zero-order valence-electron chi connectivity index (χ0n) is 11.8. The minimum absolute atomic E-state index is 0.0225. The molecule has 2 unspecified atom stereocenters. The molecular weight excluding hydrogens is 242 g/mol. The fourth-order valence-corrected chi connectivity index (χ4v) is 2.93. The van der Waals surface area contributed by atoms with Gasteiger partial charge in [0, 0.05) is 13.1 Å². The molecule has 0 radical (unpaired) electrons. The van der Waals surface area contributed by atoms with E-state index < -0.39 is 0 Å². The third-order valence-corrected chi connectivity index (χ3v) is 4.28. The van der Waals surface area contributed by atoms with Crippen molar-refractivity contribution in [1.82, 2.24) is 15.5 Å². The number of rotatable bonds is 4. The van der Waals surface area contributed by atoms with Crippen LogP contribution in [0, 0.1) is 5.92 Å². The summed E-state index contributed by atoms with van der Waals surface area (Å²) in [5, 5.41) is 6.02. The molecule has 2 fully saturated rings. The van der Waals surface area contributed by atoms with Gasteiger partial charge in [-0.25, -0.2) is 0 Å². The van der Waals surface area contributed by atoms with Crippen LogP contribution >= 0.6 is 0 Å². The fraction of sp³-hybridized carbons (Fsp3) is 0.857. The van der Waals surface area contributed by atoms with Crippen LogP contribution in [0.4, 0.5) is 0 Å². The van der Waals surface area contributed by atoms with Crippen LogP contribution in [0.25, 0.3) is 0 Å². The van der Waals surface area contributed by atoms with E-state index in [0.717, 1.165) is 51.7 Å². The number of amides is 2. The second-order valence-corrected chi connectivity index (χ2v) is 5.61. The molecule has 0 aromatic heterocycles. The fourth-order valence-electron chi connectivity index (χ4n) is 2.93. The highest BCUT2D eigenvalue weighted by molar-refractivity contribution is 5.87. The first kappa shape index (κ1) is 14.3. The van der Waals surface area contributed by atoms with Gasteiger partial charge in [-0.15, -0.1) is 0 Å². The molecule has 2 rings (SSSR count). The first-order chi connectivity index (χ1) is 9.20. The zero-order chi connectivity index (χ0) is 13.7. The van der Waals surface area contributed by atoms with Crippen LogP contribution in [-0.4, -0.2) is 48.9 Å². The van der Waals surface area contributed by atoms with Crippen molar-refractivity contribution in [1.29, 1.82) is 0 Å². The molecule has 2 atom stereocenters. The average molecular weight is 267 g/mol. The van der Waals surface area contributed by atoms with Crippen molar-refractivity contribution in [3.8, 4) is 0 Å². The van der Waals surface area contributed by atoms with Gasteiger partial charge < -0.3 is 15.5 Å². The molecule has 2 aliphatic rings. The van der Waals surface area contributed by atoms with Crippen molar-refractivity contribution >= 4 is 11.8 Å². The van der Waals surface area contributed by atoms with E-state index in [0.29, 0.717) is 5.92 Å². The predicted octanol–water partition coefficient (Wildman–Crippen LogP) is 0.503. The first-order valence-electron chi connectivity index (χ1n) is 7.49. The van der Waals surface area contributed by atoms with Gasteiger partial charge in [0.05, 0.1) is 12.6 Å². The predicted molar refractivity (Wildman–Crippen MR) is 73.6 cm³/mol. The maximum atomic E-state index is 12.0. The number of nitrogens with zero attached hydrogens (tertiary/aromatic N) is 1. The number of hydrogen-bond acceptors (Lipinski definition) is 3. The molecule has 2 aliphatic heterocycles. The minimum Gasteiger partial charge on any atom is -0.346 e. The van der Waals surface area contributed by atoms with Crippen LogP contribution in [0.5, 0.6) is 0 Å². The highest BCUT2D eigenvalue weighted by Crippen LogP contribution is 2.19. The van der Waals surface area contributed by atoms with Gasteiger partial charge in [-0.2, -0.15) is 0 Å². The molecule has 2 saturated heterocycles. The maximum absolute atomic E-state index is 12.0. The monoisotopic (exact) mass is 267 g/mol. The van der Waals surface area contributed by atoms with Gasteiger partial charge in [0.2, 0.25) is 11.8 Å². The Bertz CT molecular complexity index is 327. The summed E-state index contributed by atoms with van der Waals surface area (Å²) in [6, 6.07) is -0.120. The van der Waals surface area contributed by atoms with E-state index in [1.807, 2.05) is 4.90 Å². The topological polar surface area (TPSA) is 61.4 Å². The summed E-state index contributed by atoms with van der Waals surface area (Å²) < 4.78 is 0. The lowest BCUT2D eigenvalue weighted by Crippen LogP contribution is -2.50. The summed E-state index contributed by atoms with van der Waals surface area (Å²) in [6.45, 7) is 4.90. The second-order valence-electron chi connectivity index (χ2n) is 5.61. The van der Waals surface area contributed by atoms with Gasteiger partial charge in [-0.3, -0.25) is 9.59 Å². The van der Waals surface area contributed by atoms with E-state index in [-0.39, 0.29) is 24.4 Å². The Labute approximate surface area is 115 Å². The van der Waals surface area contributed by atoms with E-state index in [1.54, 1.807) is 0 Å². The summed E-state index contributed by atoms with van der Waals surface area (Å²) in [7, 11) is 0. The summed E-state index contributed by atoms with van der Waals surface area (Å²) >= 11 is 0. The summed E-state index contributed by atoms with van der Waals surface area (Å²) in [6.07, 6.45) is 5.33. The van der Waals surface area contributed by atoms with Gasteiger partial charge in [0.25, 0.3) is 0 Å². The molecule has 0 bridgehead atoms. The lowest BCUT2D eigenvalue weighted by Gasteiger charge is -2.29. The van der Waals surface area contributed by atoms with Crippen LogP contribution < -0.4 is 10.6 Å². The molecule has 0 aliphatic carbocycles. The number of piperidine rings is 1. The Morgan fingerprint density at radius 2 is 2.05 bits per heavy atom. The molecule has 0 aromatic carbocycles. The van der Waals surface area contributed by atoms with E-state index in [1.165, 1.54) is 0 Å². The molecule has 5 heteroatoms. The summed E-state index contributed by atoms with van der Waals surface area (Å²) in [4.78, 5) is 25.7. The Hall–Kier alpha value is -1.10. The normalized spacial score (nSPS) is 27.3. The number of carbonyl (C=O) groups excluding carboxylic acids is 2. The number of nitrogens with one attached hydrogen (secondary N) is 2. The average Bonchev–Trinajstić information content (AvgIpc) is 2.98. The third kappa shape index (κ3) is 3.93. The number of hydrogen-bond donors (Lipinski definition) is 2. The van der Waals surface area contributed by atoms with Crippen molar-refractivity contribution in [3.05, 3.63) is 0 Å². The van der Waals surface area contributed by atoms with Gasteiger partial charge in [-0.05, 0) is 38.1 Å². The highest BCUT2D eigenvalue weighted by atomic mass is 16.2. The SMILES string of the molecule is CCC1CCNC(C(=O)NCC(=O)N2CCCC2)C1. The van der Waals surface area contributed by atoms with Crippen molar-refractivity contribution < 1.29 is 9.59 Å². The number of likely N-dealkylation sites (tertiary alicyclic amines) is 1. The molecule has 108 valence electrons. The summed E-state index contributed by atoms with van der Waals surface area (Å²) in [5.41, 5.74) is 0. The van der Waals surface area contributed by atoms with Crippen molar-refractivity contribution in [2.24, 2.45) is 5.92 Å². The van der Waals surface area contributed by atoms with Crippen molar-refractivity contribution in [2.45, 2.75) is 45.1 Å². The standard InChI is InChI=1S/C14H25N3O2/c1-2-11-5-6-15-12(9-11)14(19)16-10-13(18)17-7-3-4-8-17/h11-12,15H,2-10H2,1H3,(H,16,19). The molecule has 5 nitrogen and oxygen atoms in total. The third-order valence-electron chi connectivity index (χ3n) is 4.28.